The van der Waals surface area contributed by atoms with Gasteiger partial charge in [-0.1, -0.05) is 55.3 Å². The van der Waals surface area contributed by atoms with Crippen molar-refractivity contribution in [1.82, 2.24) is 25.6 Å². The average Bonchev–Trinajstić information content (AvgIpc) is 3.07. The van der Waals surface area contributed by atoms with Gasteiger partial charge in [-0.05, 0) is 48.6 Å². The fraction of sp³-hybridized carbons (Fsp3) is 0.318. The normalized spacial score (nSPS) is 14.3. The fourth-order valence-electron chi connectivity index (χ4n) is 3.38. The van der Waals surface area contributed by atoms with Crippen molar-refractivity contribution in [3.05, 3.63) is 65.7 Å². The average molecular weight is 388 g/mol. The molecule has 1 aliphatic carbocycles. The number of nitrogens with zero attached hydrogens (tertiary/aromatic N) is 5. The Morgan fingerprint density at radius 2 is 1.69 bits per heavy atom. The van der Waals surface area contributed by atoms with Crippen molar-refractivity contribution >= 4 is 11.6 Å². The van der Waals surface area contributed by atoms with Gasteiger partial charge in [0.25, 0.3) is 5.91 Å². The van der Waals surface area contributed by atoms with Crippen molar-refractivity contribution in [3.63, 3.8) is 0 Å². The molecule has 7 heteroatoms. The SMILES string of the molecule is O=C(NN=C1CCCCCC1)c1ccc(Cn2nnc(-c3ccccc3)n2)cc1. The number of hydrogen-bond acceptors (Lipinski definition) is 5. The van der Waals surface area contributed by atoms with Crippen LogP contribution < -0.4 is 5.43 Å². The molecule has 1 amide bonds. The van der Waals surface area contributed by atoms with Crippen molar-refractivity contribution in [1.29, 1.82) is 0 Å². The van der Waals surface area contributed by atoms with Gasteiger partial charge in [0.1, 0.15) is 0 Å². The predicted molar refractivity (Wildman–Crippen MR) is 111 cm³/mol. The van der Waals surface area contributed by atoms with Crippen LogP contribution in [0, 0.1) is 0 Å². The molecule has 1 aromatic heterocycles. The van der Waals surface area contributed by atoms with Crippen LogP contribution in [0.1, 0.15) is 54.4 Å². The minimum Gasteiger partial charge on any atom is -0.267 e. The van der Waals surface area contributed by atoms with E-state index in [1.807, 2.05) is 42.5 Å². The Balaban J connectivity index is 1.36. The lowest BCUT2D eigenvalue weighted by Crippen LogP contribution is -2.19. The maximum Gasteiger partial charge on any atom is 0.271 e. The summed E-state index contributed by atoms with van der Waals surface area (Å²) in [6, 6.07) is 17.1. The molecule has 148 valence electrons. The van der Waals surface area contributed by atoms with E-state index < -0.39 is 0 Å². The minimum atomic E-state index is -0.182. The molecule has 0 atom stereocenters. The quantitative estimate of drug-likeness (QED) is 0.532. The highest BCUT2D eigenvalue weighted by molar-refractivity contribution is 5.95. The van der Waals surface area contributed by atoms with Crippen molar-refractivity contribution in [2.24, 2.45) is 5.10 Å². The highest BCUT2D eigenvalue weighted by Crippen LogP contribution is 2.15. The maximum absolute atomic E-state index is 12.3. The third-order valence-electron chi connectivity index (χ3n) is 5.02. The van der Waals surface area contributed by atoms with Gasteiger partial charge in [-0.25, -0.2) is 5.43 Å². The molecule has 3 aromatic rings. The van der Waals surface area contributed by atoms with Gasteiger partial charge in [0.15, 0.2) is 0 Å². The molecular weight excluding hydrogens is 364 g/mol. The Morgan fingerprint density at radius 1 is 0.966 bits per heavy atom. The van der Waals surface area contributed by atoms with Crippen molar-refractivity contribution < 1.29 is 4.79 Å². The molecule has 0 saturated heterocycles. The van der Waals surface area contributed by atoms with Crippen molar-refractivity contribution in [3.8, 4) is 11.4 Å². The molecule has 1 aliphatic rings. The minimum absolute atomic E-state index is 0.182. The van der Waals surface area contributed by atoms with Gasteiger partial charge in [-0.3, -0.25) is 4.79 Å². The largest absolute Gasteiger partial charge is 0.271 e. The molecule has 1 heterocycles. The summed E-state index contributed by atoms with van der Waals surface area (Å²) >= 11 is 0. The molecular formula is C22H24N6O. The number of amides is 1. The number of rotatable bonds is 5. The molecule has 4 rings (SSSR count). The van der Waals surface area contributed by atoms with Crippen LogP contribution in [-0.4, -0.2) is 31.8 Å². The predicted octanol–water partition coefficient (Wildman–Crippen LogP) is 3.83. The Labute approximate surface area is 169 Å². The van der Waals surface area contributed by atoms with E-state index >= 15 is 0 Å². The zero-order valence-corrected chi connectivity index (χ0v) is 16.3. The van der Waals surface area contributed by atoms with Crippen LogP contribution in [0.3, 0.4) is 0 Å². The van der Waals surface area contributed by atoms with E-state index in [1.54, 1.807) is 16.9 Å². The van der Waals surface area contributed by atoms with Gasteiger partial charge in [-0.15, -0.1) is 10.2 Å². The zero-order valence-electron chi connectivity index (χ0n) is 16.3. The summed E-state index contributed by atoms with van der Waals surface area (Å²) < 4.78 is 0. The molecule has 0 bridgehead atoms. The van der Waals surface area contributed by atoms with E-state index in [4.69, 9.17) is 0 Å². The molecule has 2 aromatic carbocycles. The number of tetrazole rings is 1. The molecule has 0 unspecified atom stereocenters. The summed E-state index contributed by atoms with van der Waals surface area (Å²) in [5, 5.41) is 17.0. The zero-order chi connectivity index (χ0) is 19.9. The number of aromatic nitrogens is 4. The van der Waals surface area contributed by atoms with Gasteiger partial charge in [-0.2, -0.15) is 9.90 Å². The first kappa shape index (κ1) is 19.0. The van der Waals surface area contributed by atoms with Crippen LogP contribution in [0.5, 0.6) is 0 Å². The second-order valence-corrected chi connectivity index (χ2v) is 7.24. The van der Waals surface area contributed by atoms with Crippen LogP contribution >= 0.6 is 0 Å². The standard InChI is InChI=1S/C22H24N6O/c29-22(25-23-20-10-6-1-2-7-11-20)19-14-12-17(13-15-19)16-28-26-21(24-27-28)18-8-4-3-5-9-18/h3-5,8-9,12-15H,1-2,6-7,10-11,16H2,(H,25,29). The highest BCUT2D eigenvalue weighted by Gasteiger charge is 2.09. The van der Waals surface area contributed by atoms with Crippen LogP contribution in [0.4, 0.5) is 0 Å². The van der Waals surface area contributed by atoms with Gasteiger partial charge >= 0.3 is 0 Å². The molecule has 29 heavy (non-hydrogen) atoms. The van der Waals surface area contributed by atoms with Gasteiger partial charge in [0, 0.05) is 16.8 Å². The summed E-state index contributed by atoms with van der Waals surface area (Å²) in [6.45, 7) is 0.490. The van der Waals surface area contributed by atoms with Gasteiger partial charge < -0.3 is 0 Å². The first-order valence-corrected chi connectivity index (χ1v) is 10.1. The number of nitrogens with one attached hydrogen (secondary N) is 1. The smallest absolute Gasteiger partial charge is 0.267 e. The van der Waals surface area contributed by atoms with E-state index in [0.29, 0.717) is 17.9 Å². The lowest BCUT2D eigenvalue weighted by Gasteiger charge is -2.05. The van der Waals surface area contributed by atoms with Crippen molar-refractivity contribution in [2.45, 2.75) is 45.1 Å². The van der Waals surface area contributed by atoms with Gasteiger partial charge in [0.2, 0.25) is 5.82 Å². The molecule has 7 nitrogen and oxygen atoms in total. The molecule has 1 saturated carbocycles. The molecule has 0 radical (unpaired) electrons. The third-order valence-corrected chi connectivity index (χ3v) is 5.02. The second kappa shape index (κ2) is 9.23. The second-order valence-electron chi connectivity index (χ2n) is 7.24. The maximum atomic E-state index is 12.3. The molecule has 0 aliphatic heterocycles. The Bertz CT molecular complexity index is 968. The highest BCUT2D eigenvalue weighted by atomic mass is 16.2. The van der Waals surface area contributed by atoms with E-state index in [9.17, 15) is 4.79 Å². The summed E-state index contributed by atoms with van der Waals surface area (Å²) in [5.74, 6) is 0.415. The first-order valence-electron chi connectivity index (χ1n) is 10.1. The van der Waals surface area contributed by atoms with Gasteiger partial charge in [0.05, 0.1) is 6.54 Å². The number of hydrazone groups is 1. The van der Waals surface area contributed by atoms with E-state index in [1.165, 1.54) is 12.8 Å². The fourth-order valence-corrected chi connectivity index (χ4v) is 3.38. The van der Waals surface area contributed by atoms with Crippen molar-refractivity contribution in [2.75, 3.05) is 0 Å². The van der Waals surface area contributed by atoms with E-state index in [0.717, 1.165) is 42.5 Å². The number of carbonyl (C=O) groups is 1. The lowest BCUT2D eigenvalue weighted by atomic mass is 10.1. The number of hydrogen-bond donors (Lipinski definition) is 1. The molecule has 1 N–H and O–H groups in total. The Kier molecular flexibility index (Phi) is 6.04. The summed E-state index contributed by atoms with van der Waals surface area (Å²) in [5.41, 5.74) is 6.30. The topological polar surface area (TPSA) is 85.1 Å². The van der Waals surface area contributed by atoms with Crippen LogP contribution in [-0.2, 0) is 6.54 Å². The van der Waals surface area contributed by atoms with E-state index in [-0.39, 0.29) is 5.91 Å². The number of carbonyl (C=O) groups excluding carboxylic acids is 1. The number of benzene rings is 2. The van der Waals surface area contributed by atoms with E-state index in [2.05, 4.69) is 25.9 Å². The van der Waals surface area contributed by atoms with Crippen LogP contribution in [0.15, 0.2) is 59.7 Å². The third kappa shape index (κ3) is 5.13. The van der Waals surface area contributed by atoms with Crippen LogP contribution in [0.2, 0.25) is 0 Å². The molecule has 0 spiro atoms. The summed E-state index contributed by atoms with van der Waals surface area (Å²) in [4.78, 5) is 13.9. The molecule has 1 fully saturated rings. The first-order chi connectivity index (χ1) is 14.3. The summed E-state index contributed by atoms with van der Waals surface area (Å²) in [6.07, 6.45) is 6.78. The van der Waals surface area contributed by atoms with Crippen LogP contribution in [0.25, 0.3) is 11.4 Å². The monoisotopic (exact) mass is 388 g/mol. The lowest BCUT2D eigenvalue weighted by molar-refractivity contribution is 0.0954. The summed E-state index contributed by atoms with van der Waals surface area (Å²) in [7, 11) is 0. The Morgan fingerprint density at radius 3 is 2.41 bits per heavy atom. The Hall–Kier alpha value is -3.35.